The number of methoxy groups -OCH3 is 1. The van der Waals surface area contributed by atoms with E-state index in [4.69, 9.17) is 23.4 Å². The Bertz CT molecular complexity index is 1490. The van der Waals surface area contributed by atoms with Crippen LogP contribution in [-0.2, 0) is 9.47 Å². The van der Waals surface area contributed by atoms with Gasteiger partial charge in [0.05, 0.1) is 25.9 Å². The van der Waals surface area contributed by atoms with E-state index >= 15 is 0 Å². The highest BCUT2D eigenvalue weighted by molar-refractivity contribution is 5.88. The third kappa shape index (κ3) is 5.56. The van der Waals surface area contributed by atoms with Crippen LogP contribution in [0.25, 0.3) is 22.3 Å². The Morgan fingerprint density at radius 3 is 2.00 bits per heavy atom. The fourth-order valence-electron chi connectivity index (χ4n) is 5.22. The molecule has 2 aliphatic rings. The second-order valence-electron chi connectivity index (χ2n) is 10.3. The Kier molecular flexibility index (Phi) is 8.92. The lowest BCUT2D eigenvalue weighted by atomic mass is 9.89. The van der Waals surface area contributed by atoms with Gasteiger partial charge in [0.2, 0.25) is 6.29 Å². The number of benzene rings is 2. The molecular formula is C28H32O15. The lowest BCUT2D eigenvalue weighted by Crippen LogP contribution is -2.60. The predicted octanol–water partition coefficient (Wildman–Crippen LogP) is -2.13. The van der Waals surface area contributed by atoms with Gasteiger partial charge in [-0.25, -0.2) is 0 Å². The molecule has 2 unspecified atom stereocenters. The largest absolute Gasteiger partial charge is 0.506 e. The van der Waals surface area contributed by atoms with Crippen LogP contribution in [0.15, 0.2) is 45.6 Å². The highest BCUT2D eigenvalue weighted by atomic mass is 16.7. The maximum Gasteiger partial charge on any atom is 0.229 e. The van der Waals surface area contributed by atoms with E-state index in [1.54, 1.807) is 0 Å². The van der Waals surface area contributed by atoms with E-state index in [0.29, 0.717) is 5.56 Å². The van der Waals surface area contributed by atoms with Gasteiger partial charge in [-0.05, 0) is 24.3 Å². The zero-order valence-corrected chi connectivity index (χ0v) is 22.6. The first kappa shape index (κ1) is 31.1. The molecule has 234 valence electrons. The molecule has 0 saturated carbocycles. The van der Waals surface area contributed by atoms with E-state index in [1.807, 2.05) is 0 Å². The molecular weight excluding hydrogens is 576 g/mol. The Morgan fingerprint density at radius 1 is 0.791 bits per heavy atom. The summed E-state index contributed by atoms with van der Waals surface area (Å²) in [6.07, 6.45) is -15.2. The SMILES string of the molecule is COc1cc2oc(-c3ccc(OC4O[C@@H](CO)[C@H](O)[C@@H](O)[C@@H]4O)cc3)cc(=O)c2c(O)c1C1O[C@@H](CO)[C@H](O)[C@@H](O)[C@@H]1O. The monoisotopic (exact) mass is 608 g/mol. The smallest absolute Gasteiger partial charge is 0.229 e. The van der Waals surface area contributed by atoms with Gasteiger partial charge in [-0.3, -0.25) is 4.79 Å². The fourth-order valence-corrected chi connectivity index (χ4v) is 5.22. The minimum absolute atomic E-state index is 0.0714. The number of phenolic OH excluding ortho intramolecular Hbond substituents is 1. The van der Waals surface area contributed by atoms with E-state index in [9.17, 15) is 50.8 Å². The van der Waals surface area contributed by atoms with Crippen LogP contribution in [0.5, 0.6) is 17.2 Å². The summed E-state index contributed by atoms with van der Waals surface area (Å²) in [7, 11) is 1.25. The van der Waals surface area contributed by atoms with Gasteiger partial charge in [-0.15, -0.1) is 0 Å². The molecule has 15 heteroatoms. The number of hydrogen-bond donors (Lipinski definition) is 9. The quantitative estimate of drug-likeness (QED) is 0.139. The molecule has 0 radical (unpaired) electrons. The minimum atomic E-state index is -1.75. The van der Waals surface area contributed by atoms with Crippen molar-refractivity contribution in [3.8, 4) is 28.6 Å². The topological polar surface area (TPSA) is 249 Å². The van der Waals surface area contributed by atoms with E-state index < -0.39 is 85.6 Å². The standard InChI is InChI=1S/C28H32O15/c1-39-14-7-15-18(22(34)19(14)27-25(37)23(35)20(32)16(8-29)42-27)12(31)6-13(41-15)10-2-4-11(5-3-10)40-28-26(38)24(36)21(33)17(9-30)43-28/h2-7,16-17,20-21,23-30,32-38H,8-9H2,1H3/t16-,17-,20-,21-,23+,24+,25-,26-,27?,28?/m0/s1. The Labute approximate surface area is 242 Å². The van der Waals surface area contributed by atoms with E-state index in [1.165, 1.54) is 37.4 Å². The fraction of sp³-hybridized carbons (Fsp3) is 0.464. The van der Waals surface area contributed by atoms with Gasteiger partial charge < -0.3 is 69.3 Å². The van der Waals surface area contributed by atoms with Gasteiger partial charge in [0.25, 0.3) is 0 Å². The second kappa shape index (κ2) is 12.3. The van der Waals surface area contributed by atoms with Crippen LogP contribution < -0.4 is 14.9 Å². The molecule has 10 atom stereocenters. The first-order valence-corrected chi connectivity index (χ1v) is 13.3. The van der Waals surface area contributed by atoms with Crippen molar-refractivity contribution in [2.75, 3.05) is 20.3 Å². The van der Waals surface area contributed by atoms with Crippen LogP contribution in [0.4, 0.5) is 0 Å². The number of aromatic hydroxyl groups is 1. The number of ether oxygens (including phenoxy) is 4. The van der Waals surface area contributed by atoms with Crippen molar-refractivity contribution < 1.29 is 69.3 Å². The van der Waals surface area contributed by atoms with Crippen molar-refractivity contribution in [3.63, 3.8) is 0 Å². The van der Waals surface area contributed by atoms with Gasteiger partial charge in [0.1, 0.15) is 88.9 Å². The van der Waals surface area contributed by atoms with Crippen LogP contribution in [-0.4, -0.2) is 121 Å². The summed E-state index contributed by atoms with van der Waals surface area (Å²) < 4.78 is 27.7. The maximum absolute atomic E-state index is 13.2. The molecule has 3 aromatic rings. The van der Waals surface area contributed by atoms with E-state index in [-0.39, 0.29) is 33.8 Å². The van der Waals surface area contributed by atoms with E-state index in [0.717, 1.165) is 6.07 Å². The molecule has 1 aromatic heterocycles. The van der Waals surface area contributed by atoms with Gasteiger partial charge in [-0.1, -0.05) is 0 Å². The molecule has 9 N–H and O–H groups in total. The highest BCUT2D eigenvalue weighted by Gasteiger charge is 2.47. The van der Waals surface area contributed by atoms with Crippen LogP contribution in [0.1, 0.15) is 11.7 Å². The van der Waals surface area contributed by atoms with Crippen molar-refractivity contribution in [2.24, 2.45) is 0 Å². The summed E-state index contributed by atoms with van der Waals surface area (Å²) in [6, 6.07) is 8.35. The molecule has 3 heterocycles. The summed E-state index contributed by atoms with van der Waals surface area (Å²) in [6.45, 7) is -1.31. The van der Waals surface area contributed by atoms with Crippen molar-refractivity contribution in [2.45, 2.75) is 61.2 Å². The molecule has 15 nitrogen and oxygen atoms in total. The van der Waals surface area contributed by atoms with Crippen LogP contribution >= 0.6 is 0 Å². The number of phenols is 1. The van der Waals surface area contributed by atoms with Gasteiger partial charge >= 0.3 is 0 Å². The Morgan fingerprint density at radius 2 is 1.40 bits per heavy atom. The first-order valence-electron chi connectivity index (χ1n) is 13.3. The Hall–Kier alpha value is -3.35. The molecule has 2 fully saturated rings. The number of hydrogen-bond acceptors (Lipinski definition) is 15. The minimum Gasteiger partial charge on any atom is -0.506 e. The highest BCUT2D eigenvalue weighted by Crippen LogP contribution is 2.45. The summed E-state index contributed by atoms with van der Waals surface area (Å²) in [5.74, 6) is -0.459. The number of fused-ring (bicyclic) bond motifs is 1. The molecule has 0 bridgehead atoms. The predicted molar refractivity (Wildman–Crippen MR) is 143 cm³/mol. The summed E-state index contributed by atoms with van der Waals surface area (Å²) in [5.41, 5.74) is -0.561. The first-order chi connectivity index (χ1) is 20.5. The summed E-state index contributed by atoms with van der Waals surface area (Å²) in [4.78, 5) is 13.2. The molecule has 0 aliphatic carbocycles. The number of aliphatic hydroxyl groups is 8. The van der Waals surface area contributed by atoms with E-state index in [2.05, 4.69) is 0 Å². The summed E-state index contributed by atoms with van der Waals surface area (Å²) >= 11 is 0. The average molecular weight is 609 g/mol. The molecule has 2 aromatic carbocycles. The normalized spacial score (nSPS) is 33.0. The molecule has 2 saturated heterocycles. The van der Waals surface area contributed by atoms with Crippen molar-refractivity contribution in [3.05, 3.63) is 52.2 Å². The van der Waals surface area contributed by atoms with Crippen molar-refractivity contribution in [1.82, 2.24) is 0 Å². The van der Waals surface area contributed by atoms with Gasteiger partial charge in [0.15, 0.2) is 5.43 Å². The molecule has 0 spiro atoms. The zero-order chi connectivity index (χ0) is 31.2. The summed E-state index contributed by atoms with van der Waals surface area (Å²) in [5, 5.41) is 90.8. The van der Waals surface area contributed by atoms with Crippen molar-refractivity contribution >= 4 is 11.0 Å². The van der Waals surface area contributed by atoms with Gasteiger partial charge in [0, 0.05) is 17.7 Å². The maximum atomic E-state index is 13.2. The molecule has 5 rings (SSSR count). The van der Waals surface area contributed by atoms with Crippen LogP contribution in [0, 0.1) is 0 Å². The molecule has 0 amide bonds. The van der Waals surface area contributed by atoms with Crippen LogP contribution in [0.3, 0.4) is 0 Å². The van der Waals surface area contributed by atoms with Gasteiger partial charge in [-0.2, -0.15) is 0 Å². The molecule has 2 aliphatic heterocycles. The number of rotatable bonds is 7. The average Bonchev–Trinajstić information content (AvgIpc) is 3.00. The second-order valence-corrected chi connectivity index (χ2v) is 10.3. The zero-order valence-electron chi connectivity index (χ0n) is 22.6. The lowest BCUT2D eigenvalue weighted by molar-refractivity contribution is -0.277. The Balaban J connectivity index is 1.45. The molecule has 43 heavy (non-hydrogen) atoms. The van der Waals surface area contributed by atoms with Crippen molar-refractivity contribution in [1.29, 1.82) is 0 Å². The third-order valence-corrected chi connectivity index (χ3v) is 7.63. The third-order valence-electron chi connectivity index (χ3n) is 7.63. The number of aliphatic hydroxyl groups excluding tert-OH is 8. The van der Waals surface area contributed by atoms with Crippen LogP contribution in [0.2, 0.25) is 0 Å². The lowest BCUT2D eigenvalue weighted by Gasteiger charge is -2.40.